The molecule has 0 atom stereocenters. The van der Waals surface area contributed by atoms with Gasteiger partial charge in [-0.25, -0.2) is 0 Å². The molecule has 3 heteroatoms. The Bertz CT molecular complexity index is 1400. The topological polar surface area (TPSA) is 25.8 Å². The average Bonchev–Trinajstić information content (AvgIpc) is 2.92. The minimum absolute atomic E-state index is 0. The minimum atomic E-state index is 0. The number of hydrogen-bond donors (Lipinski definition) is 0. The molecule has 5 rings (SSSR count). The smallest absolute Gasteiger partial charge is 0.0192 e. The number of aromatic nitrogens is 2. The second kappa shape index (κ2) is 14.5. The van der Waals surface area contributed by atoms with Crippen molar-refractivity contribution in [2.24, 2.45) is 5.92 Å². The van der Waals surface area contributed by atoms with E-state index in [2.05, 4.69) is 104 Å². The van der Waals surface area contributed by atoms with Gasteiger partial charge in [0.2, 0.25) is 0 Å². The van der Waals surface area contributed by atoms with Crippen LogP contribution in [-0.2, 0) is 32.9 Å². The van der Waals surface area contributed by atoms with E-state index in [1.807, 2.05) is 48.8 Å². The summed E-state index contributed by atoms with van der Waals surface area (Å²) < 4.78 is 0. The van der Waals surface area contributed by atoms with Gasteiger partial charge in [-0.1, -0.05) is 68.8 Å². The third kappa shape index (κ3) is 8.58. The molecule has 0 saturated heterocycles. The summed E-state index contributed by atoms with van der Waals surface area (Å²) >= 11 is 0. The van der Waals surface area contributed by atoms with E-state index in [-0.39, 0.29) is 20.1 Å². The number of rotatable bonds is 6. The fraction of sp³-hybridized carbons (Fsp3) is 0.200. The van der Waals surface area contributed by atoms with Crippen LogP contribution in [0.5, 0.6) is 0 Å². The van der Waals surface area contributed by atoms with E-state index in [1.54, 1.807) is 0 Å². The van der Waals surface area contributed by atoms with Gasteiger partial charge >= 0.3 is 0 Å². The maximum absolute atomic E-state index is 4.51. The molecule has 0 aliphatic rings. The van der Waals surface area contributed by atoms with Crippen LogP contribution >= 0.6 is 0 Å². The van der Waals surface area contributed by atoms with Crippen LogP contribution in [0.25, 0.3) is 22.5 Å². The number of hydrogen-bond acceptors (Lipinski definition) is 2. The van der Waals surface area contributed by atoms with Gasteiger partial charge in [-0.2, -0.15) is 0 Å². The second-order valence-corrected chi connectivity index (χ2v) is 9.86. The van der Waals surface area contributed by atoms with E-state index in [1.165, 1.54) is 27.8 Å². The first-order chi connectivity index (χ1) is 18.0. The first-order valence-corrected chi connectivity index (χ1v) is 12.9. The minimum Gasteiger partial charge on any atom is -0.305 e. The second-order valence-electron chi connectivity index (χ2n) is 9.86. The van der Waals surface area contributed by atoms with Crippen LogP contribution in [-0.4, -0.2) is 9.97 Å². The standard InChI is InChI=1S/C18H14N.C17H20N.Ir/c1-3-7-15(8-4-1)13-16-11-12-19-18(14-16)17-9-5-2-6-10-17;1-12(2)9-16-10-17(18-11-14(16)4)15-7-5-13(3)6-8-15;/h1-9,11-12,14H,13H2;5-7,10-12H,9H2,1-4H3;/q2*-1;. The van der Waals surface area contributed by atoms with E-state index in [0.29, 0.717) is 5.92 Å². The zero-order valence-corrected chi connectivity index (χ0v) is 24.9. The van der Waals surface area contributed by atoms with E-state index in [4.69, 9.17) is 0 Å². The maximum Gasteiger partial charge on any atom is 0.0192 e. The average molecular weight is 675 g/mol. The fourth-order valence-corrected chi connectivity index (χ4v) is 4.15. The monoisotopic (exact) mass is 675 g/mol. The summed E-state index contributed by atoms with van der Waals surface area (Å²) in [4.78, 5) is 8.93. The molecule has 5 aromatic rings. The number of aryl methyl sites for hydroxylation is 2. The third-order valence-electron chi connectivity index (χ3n) is 6.15. The van der Waals surface area contributed by atoms with Crippen molar-refractivity contribution in [1.82, 2.24) is 9.97 Å². The summed E-state index contributed by atoms with van der Waals surface area (Å²) in [5.41, 5.74) is 10.6. The molecule has 0 spiro atoms. The molecule has 0 fully saturated rings. The van der Waals surface area contributed by atoms with Crippen molar-refractivity contribution in [3.05, 3.63) is 143 Å². The molecule has 0 saturated carbocycles. The van der Waals surface area contributed by atoms with Crippen molar-refractivity contribution in [3.8, 4) is 22.5 Å². The van der Waals surface area contributed by atoms with Gasteiger partial charge in [0.1, 0.15) is 0 Å². The quantitative estimate of drug-likeness (QED) is 0.169. The van der Waals surface area contributed by atoms with E-state index < -0.39 is 0 Å². The Labute approximate surface area is 241 Å². The van der Waals surface area contributed by atoms with Crippen molar-refractivity contribution >= 4 is 0 Å². The Balaban J connectivity index is 0.000000206. The molecule has 2 aromatic heterocycles. The zero-order chi connectivity index (χ0) is 26.0. The largest absolute Gasteiger partial charge is 0.305 e. The van der Waals surface area contributed by atoms with Crippen LogP contribution in [0, 0.1) is 31.9 Å². The number of pyridine rings is 2. The van der Waals surface area contributed by atoms with Crippen LogP contribution in [0.2, 0.25) is 0 Å². The summed E-state index contributed by atoms with van der Waals surface area (Å²) in [6.07, 6.45) is 5.88. The van der Waals surface area contributed by atoms with Crippen molar-refractivity contribution in [2.45, 2.75) is 40.5 Å². The summed E-state index contributed by atoms with van der Waals surface area (Å²) in [6, 6.07) is 37.5. The van der Waals surface area contributed by atoms with Gasteiger partial charge in [-0.3, -0.25) is 0 Å². The molecule has 0 aliphatic heterocycles. The molecule has 0 unspecified atom stereocenters. The van der Waals surface area contributed by atoms with Gasteiger partial charge in [0.25, 0.3) is 0 Å². The zero-order valence-electron chi connectivity index (χ0n) is 22.5. The number of nitrogens with zero attached hydrogens (tertiary/aromatic N) is 2. The predicted molar refractivity (Wildman–Crippen MR) is 154 cm³/mol. The molecule has 195 valence electrons. The predicted octanol–water partition coefficient (Wildman–Crippen LogP) is 8.50. The van der Waals surface area contributed by atoms with Gasteiger partial charge in [-0.05, 0) is 59.8 Å². The van der Waals surface area contributed by atoms with Crippen molar-refractivity contribution in [2.75, 3.05) is 0 Å². The van der Waals surface area contributed by atoms with Gasteiger partial charge in [0, 0.05) is 32.5 Å². The maximum atomic E-state index is 4.51. The van der Waals surface area contributed by atoms with Crippen molar-refractivity contribution < 1.29 is 20.1 Å². The Morgan fingerprint density at radius 3 is 2.16 bits per heavy atom. The summed E-state index contributed by atoms with van der Waals surface area (Å²) in [7, 11) is 0. The van der Waals surface area contributed by atoms with Crippen LogP contribution < -0.4 is 0 Å². The molecule has 2 nitrogen and oxygen atoms in total. The first kappa shape index (κ1) is 29.2. The Kier molecular flexibility index (Phi) is 11.1. The third-order valence-corrected chi connectivity index (χ3v) is 6.15. The van der Waals surface area contributed by atoms with Crippen molar-refractivity contribution in [1.29, 1.82) is 0 Å². The van der Waals surface area contributed by atoms with Crippen LogP contribution in [0.15, 0.2) is 103 Å². The van der Waals surface area contributed by atoms with E-state index >= 15 is 0 Å². The van der Waals surface area contributed by atoms with Gasteiger partial charge in [0.15, 0.2) is 0 Å². The molecule has 2 heterocycles. The van der Waals surface area contributed by atoms with Crippen LogP contribution in [0.4, 0.5) is 0 Å². The molecule has 0 aliphatic carbocycles. The molecule has 0 bridgehead atoms. The van der Waals surface area contributed by atoms with Crippen LogP contribution in [0.3, 0.4) is 0 Å². The Morgan fingerprint density at radius 2 is 1.47 bits per heavy atom. The molecule has 38 heavy (non-hydrogen) atoms. The molecule has 0 amide bonds. The summed E-state index contributed by atoms with van der Waals surface area (Å²) in [6.45, 7) is 8.70. The normalized spacial score (nSPS) is 10.3. The van der Waals surface area contributed by atoms with Crippen LogP contribution in [0.1, 0.15) is 41.7 Å². The Hall–Kier alpha value is -3.39. The van der Waals surface area contributed by atoms with E-state index in [0.717, 1.165) is 35.4 Å². The summed E-state index contributed by atoms with van der Waals surface area (Å²) in [5.74, 6) is 0.668. The Morgan fingerprint density at radius 1 is 0.737 bits per heavy atom. The van der Waals surface area contributed by atoms with Gasteiger partial charge in [0.05, 0.1) is 0 Å². The molecule has 1 radical (unpaired) electrons. The van der Waals surface area contributed by atoms with Crippen molar-refractivity contribution in [3.63, 3.8) is 0 Å². The van der Waals surface area contributed by atoms with Gasteiger partial charge in [-0.15, -0.1) is 71.3 Å². The summed E-state index contributed by atoms with van der Waals surface area (Å²) in [5, 5.41) is 0. The molecule has 3 aromatic carbocycles. The molecular formula is C35H34IrN2-2. The molecular weight excluding hydrogens is 641 g/mol. The first-order valence-electron chi connectivity index (χ1n) is 12.9. The number of benzene rings is 3. The SMILES string of the molecule is Cc1c[c-]c(-c2cc(CC(C)C)c(C)cn2)cc1.[Ir].[c-]1ccccc1-c1cc(Cc2ccccc2)ccn1. The van der Waals surface area contributed by atoms with E-state index in [9.17, 15) is 0 Å². The molecule has 0 N–H and O–H groups in total. The fourth-order valence-electron chi connectivity index (χ4n) is 4.15. The van der Waals surface area contributed by atoms with Gasteiger partial charge < -0.3 is 9.97 Å².